The molecule has 1 aliphatic heterocycles. The van der Waals surface area contributed by atoms with Crippen LogP contribution in [0.15, 0.2) is 54.7 Å². The molecule has 0 radical (unpaired) electrons. The summed E-state index contributed by atoms with van der Waals surface area (Å²) in [6, 6.07) is 13.7. The fraction of sp³-hybridized carbons (Fsp3) is 0.286. The number of likely N-dealkylation sites (N-methyl/N-ethyl adjacent to an activating group) is 1. The fourth-order valence-electron chi connectivity index (χ4n) is 3.75. The molecule has 184 valence electrons. The molecule has 8 nitrogen and oxygen atoms in total. The topological polar surface area (TPSA) is 105 Å². The zero-order valence-electron chi connectivity index (χ0n) is 20.7. The van der Waals surface area contributed by atoms with Gasteiger partial charge in [0.2, 0.25) is 0 Å². The molecule has 2 aromatic heterocycles. The van der Waals surface area contributed by atoms with E-state index in [1.165, 1.54) is 4.90 Å². The molecule has 8 heteroatoms. The molecule has 0 saturated carbocycles. The first-order valence-electron chi connectivity index (χ1n) is 11.6. The molecule has 1 aliphatic rings. The molecule has 36 heavy (non-hydrogen) atoms. The predicted octanol–water partition coefficient (Wildman–Crippen LogP) is 2.65. The summed E-state index contributed by atoms with van der Waals surface area (Å²) >= 11 is 0. The smallest absolute Gasteiger partial charge is 0.270 e. The quantitative estimate of drug-likeness (QED) is 0.552. The summed E-state index contributed by atoms with van der Waals surface area (Å²) in [6.07, 6.45) is 2.14. The second-order valence-corrected chi connectivity index (χ2v) is 9.22. The van der Waals surface area contributed by atoms with Gasteiger partial charge in [-0.15, -0.1) is 0 Å². The summed E-state index contributed by atoms with van der Waals surface area (Å²) in [5.41, 5.74) is 2.94. The van der Waals surface area contributed by atoms with E-state index in [0.29, 0.717) is 23.4 Å². The first kappa shape index (κ1) is 24.9. The summed E-state index contributed by atoms with van der Waals surface area (Å²) in [7, 11) is 1.62. The molecular weight excluding hydrogens is 456 g/mol. The monoisotopic (exact) mass is 484 g/mol. The minimum Gasteiger partial charge on any atom is -0.489 e. The number of carbonyl (C=O) groups is 2. The molecule has 0 bridgehead atoms. The third-order valence-corrected chi connectivity index (χ3v) is 5.56. The van der Waals surface area contributed by atoms with Crippen molar-refractivity contribution in [2.75, 3.05) is 18.6 Å². The number of nitrogens with one attached hydrogen (secondary N) is 1. The van der Waals surface area contributed by atoms with Gasteiger partial charge in [-0.1, -0.05) is 17.9 Å². The van der Waals surface area contributed by atoms with E-state index in [-0.39, 0.29) is 18.2 Å². The van der Waals surface area contributed by atoms with E-state index in [4.69, 9.17) is 4.74 Å². The van der Waals surface area contributed by atoms with Crippen LogP contribution in [-0.4, -0.2) is 52.2 Å². The van der Waals surface area contributed by atoms with Crippen LogP contribution in [-0.2, 0) is 11.2 Å². The van der Waals surface area contributed by atoms with E-state index in [1.807, 2.05) is 31.2 Å². The van der Waals surface area contributed by atoms with E-state index < -0.39 is 17.6 Å². The number of benzene rings is 1. The molecule has 0 fully saturated rings. The van der Waals surface area contributed by atoms with Crippen LogP contribution in [0, 0.1) is 18.8 Å². The molecule has 3 aromatic rings. The normalized spacial score (nSPS) is 15.2. The Morgan fingerprint density at radius 1 is 1.25 bits per heavy atom. The lowest BCUT2D eigenvalue weighted by molar-refractivity contribution is -0.120. The van der Waals surface area contributed by atoms with Crippen LogP contribution in [0.25, 0.3) is 0 Å². The number of nitrogens with zero attached hydrogens (tertiary/aromatic N) is 3. The highest BCUT2D eigenvalue weighted by atomic mass is 16.5. The predicted molar refractivity (Wildman–Crippen MR) is 136 cm³/mol. The zero-order valence-corrected chi connectivity index (χ0v) is 20.7. The van der Waals surface area contributed by atoms with Crippen LogP contribution in [0.5, 0.6) is 5.75 Å². The first-order chi connectivity index (χ1) is 17.1. The van der Waals surface area contributed by atoms with Gasteiger partial charge in [0.25, 0.3) is 11.8 Å². The molecule has 2 amide bonds. The molecule has 2 N–H and O–H groups in total. The number of rotatable bonds is 4. The van der Waals surface area contributed by atoms with Gasteiger partial charge in [-0.2, -0.15) is 0 Å². The standard InChI is InChI=1S/C28H28N4O4/c1-18-6-5-7-21(30-18)14-20-11-13-29-22(15-20)26(33)31-23-17-36-25-9-8-19(10-12-28(2,3)35)16-24(25)32(4)27(23)34/h5-9,11,13,15-16,23,35H,14,17H2,1-4H3,(H,31,33). The molecule has 0 spiro atoms. The highest BCUT2D eigenvalue weighted by Gasteiger charge is 2.31. The van der Waals surface area contributed by atoms with Crippen LogP contribution < -0.4 is 15.0 Å². The number of hydrogen-bond acceptors (Lipinski definition) is 6. The SMILES string of the molecule is Cc1cccc(Cc2ccnc(C(=O)NC3COc4ccc(C#CC(C)(C)O)cc4N(C)C3=O)c2)n1. The third kappa shape index (κ3) is 6.06. The summed E-state index contributed by atoms with van der Waals surface area (Å²) < 4.78 is 5.85. The molecule has 1 unspecified atom stereocenters. The maximum Gasteiger partial charge on any atom is 0.270 e. The Hall–Kier alpha value is -4.22. The average Bonchev–Trinajstić information content (AvgIpc) is 2.94. The number of anilines is 1. The van der Waals surface area contributed by atoms with Crippen molar-refractivity contribution in [3.05, 3.63) is 82.9 Å². The number of hydrogen-bond donors (Lipinski definition) is 2. The minimum atomic E-state index is -1.14. The van der Waals surface area contributed by atoms with Gasteiger partial charge in [0.15, 0.2) is 0 Å². The number of amides is 2. The van der Waals surface area contributed by atoms with Crippen molar-refractivity contribution in [1.82, 2.24) is 15.3 Å². The van der Waals surface area contributed by atoms with Gasteiger partial charge in [0.05, 0.1) is 5.69 Å². The van der Waals surface area contributed by atoms with Crippen LogP contribution in [0.3, 0.4) is 0 Å². The lowest BCUT2D eigenvalue weighted by Crippen LogP contribution is -2.49. The summed E-state index contributed by atoms with van der Waals surface area (Å²) in [6.45, 7) is 5.10. The second kappa shape index (κ2) is 10.2. The van der Waals surface area contributed by atoms with E-state index in [9.17, 15) is 14.7 Å². The van der Waals surface area contributed by atoms with Crippen molar-refractivity contribution in [2.24, 2.45) is 0 Å². The van der Waals surface area contributed by atoms with Crippen LogP contribution in [0.1, 0.15) is 46.9 Å². The highest BCUT2D eigenvalue weighted by molar-refractivity contribution is 6.03. The molecule has 3 heterocycles. The summed E-state index contributed by atoms with van der Waals surface area (Å²) in [5.74, 6) is 5.37. The van der Waals surface area contributed by atoms with E-state index in [2.05, 4.69) is 27.1 Å². The number of ether oxygens (including phenoxy) is 1. The molecule has 1 aromatic carbocycles. The molecular formula is C28H28N4O4. The second-order valence-electron chi connectivity index (χ2n) is 9.22. The van der Waals surface area contributed by atoms with Gasteiger partial charge in [-0.05, 0) is 68.8 Å². The van der Waals surface area contributed by atoms with E-state index in [0.717, 1.165) is 17.0 Å². The van der Waals surface area contributed by atoms with Crippen molar-refractivity contribution in [1.29, 1.82) is 0 Å². The van der Waals surface area contributed by atoms with Crippen molar-refractivity contribution in [3.8, 4) is 17.6 Å². The Balaban J connectivity index is 1.48. The fourth-order valence-corrected chi connectivity index (χ4v) is 3.75. The summed E-state index contributed by atoms with van der Waals surface area (Å²) in [5, 5.41) is 12.6. The van der Waals surface area contributed by atoms with Crippen molar-refractivity contribution in [3.63, 3.8) is 0 Å². The minimum absolute atomic E-state index is 0.0243. The van der Waals surface area contributed by atoms with Gasteiger partial charge in [0.1, 0.15) is 29.7 Å². The lowest BCUT2D eigenvalue weighted by Gasteiger charge is -2.20. The van der Waals surface area contributed by atoms with E-state index in [1.54, 1.807) is 51.4 Å². The largest absolute Gasteiger partial charge is 0.489 e. The zero-order chi connectivity index (χ0) is 25.9. The average molecular weight is 485 g/mol. The van der Waals surface area contributed by atoms with Crippen LogP contribution in [0.2, 0.25) is 0 Å². The van der Waals surface area contributed by atoms with Gasteiger partial charge in [0, 0.05) is 36.6 Å². The number of aliphatic hydroxyl groups is 1. The van der Waals surface area contributed by atoms with Crippen LogP contribution in [0.4, 0.5) is 5.69 Å². The highest BCUT2D eigenvalue weighted by Crippen LogP contribution is 2.31. The van der Waals surface area contributed by atoms with Gasteiger partial charge < -0.3 is 20.1 Å². The van der Waals surface area contributed by atoms with Gasteiger partial charge >= 0.3 is 0 Å². The van der Waals surface area contributed by atoms with Crippen LogP contribution >= 0.6 is 0 Å². The maximum atomic E-state index is 13.2. The number of fused-ring (bicyclic) bond motifs is 1. The van der Waals surface area contributed by atoms with Gasteiger partial charge in [-0.3, -0.25) is 19.6 Å². The Morgan fingerprint density at radius 3 is 2.81 bits per heavy atom. The maximum absolute atomic E-state index is 13.2. The number of pyridine rings is 2. The van der Waals surface area contributed by atoms with E-state index >= 15 is 0 Å². The lowest BCUT2D eigenvalue weighted by atomic mass is 10.1. The molecule has 4 rings (SSSR count). The number of carbonyl (C=O) groups excluding carboxylic acids is 2. The Kier molecular flexibility index (Phi) is 7.04. The Bertz CT molecular complexity index is 1370. The van der Waals surface area contributed by atoms with Crippen molar-refractivity contribution < 1.29 is 19.4 Å². The van der Waals surface area contributed by atoms with Gasteiger partial charge in [-0.25, -0.2) is 0 Å². The Labute approximate surface area is 210 Å². The summed E-state index contributed by atoms with van der Waals surface area (Å²) in [4.78, 5) is 36.3. The first-order valence-corrected chi connectivity index (χ1v) is 11.6. The molecule has 0 saturated heterocycles. The van der Waals surface area contributed by atoms with Crippen molar-refractivity contribution in [2.45, 2.75) is 38.8 Å². The van der Waals surface area contributed by atoms with Crippen molar-refractivity contribution >= 4 is 17.5 Å². The number of aryl methyl sites for hydroxylation is 1. The molecule has 1 atom stereocenters. The number of aromatic nitrogens is 2. The Morgan fingerprint density at radius 2 is 2.06 bits per heavy atom. The third-order valence-electron chi connectivity index (χ3n) is 5.56. The molecule has 0 aliphatic carbocycles.